The van der Waals surface area contributed by atoms with Crippen LogP contribution >= 0.6 is 0 Å². The Morgan fingerprint density at radius 3 is 2.47 bits per heavy atom. The third-order valence-corrected chi connectivity index (χ3v) is 6.53. The highest BCUT2D eigenvalue weighted by molar-refractivity contribution is 5.70. The van der Waals surface area contributed by atoms with Gasteiger partial charge in [0.25, 0.3) is 0 Å². The van der Waals surface area contributed by atoms with Gasteiger partial charge >= 0.3 is 12.3 Å². The molecule has 0 aliphatic carbocycles. The predicted molar refractivity (Wildman–Crippen MR) is 121 cm³/mol. The largest absolute Gasteiger partial charge is 0.438 e. The van der Waals surface area contributed by atoms with E-state index in [-0.39, 0.29) is 12.5 Å². The van der Waals surface area contributed by atoms with Crippen molar-refractivity contribution in [3.05, 3.63) is 59.8 Å². The number of rotatable bonds is 5. The predicted octanol–water partition coefficient (Wildman–Crippen LogP) is 4.97. The molecule has 34 heavy (non-hydrogen) atoms. The van der Waals surface area contributed by atoms with Crippen molar-refractivity contribution in [2.24, 2.45) is 0 Å². The van der Waals surface area contributed by atoms with E-state index in [2.05, 4.69) is 4.98 Å². The summed E-state index contributed by atoms with van der Waals surface area (Å²) < 4.78 is 44.7. The first-order chi connectivity index (χ1) is 16.0. The Kier molecular flexibility index (Phi) is 6.50. The maximum atomic E-state index is 13.2. The number of benzene rings is 1. The lowest BCUT2D eigenvalue weighted by atomic mass is 9.80. The fourth-order valence-corrected chi connectivity index (χ4v) is 5.03. The normalized spacial score (nSPS) is 24.2. The van der Waals surface area contributed by atoms with Gasteiger partial charge in [0.15, 0.2) is 0 Å². The van der Waals surface area contributed by atoms with E-state index in [4.69, 9.17) is 4.74 Å². The second kappa shape index (κ2) is 9.09. The Bertz CT molecular complexity index is 992. The van der Waals surface area contributed by atoms with Crippen molar-refractivity contribution in [2.75, 3.05) is 24.5 Å². The van der Waals surface area contributed by atoms with Gasteiger partial charge in [-0.15, -0.1) is 0 Å². The molecule has 4 rings (SSSR count). The van der Waals surface area contributed by atoms with E-state index in [0.717, 1.165) is 30.7 Å². The van der Waals surface area contributed by atoms with Crippen LogP contribution in [0.3, 0.4) is 0 Å². The Morgan fingerprint density at radius 2 is 1.88 bits per heavy atom. The van der Waals surface area contributed by atoms with Gasteiger partial charge in [0.05, 0.1) is 17.2 Å². The van der Waals surface area contributed by atoms with E-state index in [9.17, 15) is 23.1 Å². The molecule has 0 unspecified atom stereocenters. The summed E-state index contributed by atoms with van der Waals surface area (Å²) in [6.45, 7) is 4.99. The number of carbonyl (C=O) groups excluding carboxylic acids is 1. The molecular weight excluding hydrogens is 447 g/mol. The number of ether oxygens (including phenoxy) is 1. The standard InChI is InChI=1S/C25H30F3N3O3/c1-23(2,33)17-24(18-7-4-3-5-8-18)12-14-31(22(32)34-24)20-9-6-13-30(16-20)21-11-10-19(15-29-21)25(26,27)28/h3-5,7-8,10-11,15,20,33H,6,9,12-14,16-17H2,1-2H3/t20-,24-/m0/s1. The van der Waals surface area contributed by atoms with Crippen LogP contribution in [0.15, 0.2) is 48.7 Å². The van der Waals surface area contributed by atoms with Crippen LogP contribution in [0.5, 0.6) is 0 Å². The van der Waals surface area contributed by atoms with Gasteiger partial charge in [0.1, 0.15) is 11.4 Å². The van der Waals surface area contributed by atoms with Crippen LogP contribution < -0.4 is 4.90 Å². The maximum Gasteiger partial charge on any atom is 0.417 e. The van der Waals surface area contributed by atoms with Gasteiger partial charge in [-0.3, -0.25) is 0 Å². The smallest absolute Gasteiger partial charge is 0.417 e. The lowest BCUT2D eigenvalue weighted by Crippen LogP contribution is -2.57. The molecular formula is C25H30F3N3O3. The molecule has 3 heterocycles. The molecule has 1 amide bonds. The van der Waals surface area contributed by atoms with E-state index in [0.29, 0.717) is 31.9 Å². The van der Waals surface area contributed by atoms with Crippen molar-refractivity contribution in [1.29, 1.82) is 0 Å². The second-order valence-corrected chi connectivity index (χ2v) is 9.81. The molecule has 9 heteroatoms. The summed E-state index contributed by atoms with van der Waals surface area (Å²) in [5.74, 6) is 0.462. The molecule has 1 aromatic carbocycles. The summed E-state index contributed by atoms with van der Waals surface area (Å²) in [5.41, 5.74) is -1.89. The Labute approximate surface area is 197 Å². The lowest BCUT2D eigenvalue weighted by molar-refractivity contribution is -0.137. The van der Waals surface area contributed by atoms with Crippen molar-refractivity contribution in [1.82, 2.24) is 9.88 Å². The van der Waals surface area contributed by atoms with Crippen LogP contribution in [-0.2, 0) is 16.5 Å². The Morgan fingerprint density at radius 1 is 1.15 bits per heavy atom. The van der Waals surface area contributed by atoms with E-state index in [1.165, 1.54) is 6.07 Å². The minimum atomic E-state index is -4.43. The van der Waals surface area contributed by atoms with Crippen molar-refractivity contribution in [3.63, 3.8) is 0 Å². The number of halogens is 3. The molecule has 0 radical (unpaired) electrons. The minimum Gasteiger partial charge on any atom is -0.438 e. The molecule has 184 valence electrons. The van der Waals surface area contributed by atoms with Gasteiger partial charge in [-0.25, -0.2) is 9.78 Å². The van der Waals surface area contributed by atoms with Crippen LogP contribution in [0, 0.1) is 0 Å². The molecule has 2 fully saturated rings. The highest BCUT2D eigenvalue weighted by Gasteiger charge is 2.47. The molecule has 2 saturated heterocycles. The Hall–Kier alpha value is -2.81. The van der Waals surface area contributed by atoms with E-state index >= 15 is 0 Å². The molecule has 0 spiro atoms. The molecule has 0 saturated carbocycles. The average Bonchev–Trinajstić information content (AvgIpc) is 2.78. The number of piperidine rings is 1. The highest BCUT2D eigenvalue weighted by atomic mass is 19.4. The fraction of sp³-hybridized carbons (Fsp3) is 0.520. The summed E-state index contributed by atoms with van der Waals surface area (Å²) in [4.78, 5) is 20.9. The minimum absolute atomic E-state index is 0.138. The second-order valence-electron chi connectivity index (χ2n) is 9.81. The van der Waals surface area contributed by atoms with Crippen LogP contribution in [-0.4, -0.2) is 52.4 Å². The summed E-state index contributed by atoms with van der Waals surface area (Å²) in [6, 6.07) is 11.8. The molecule has 2 aliphatic rings. The van der Waals surface area contributed by atoms with Gasteiger partial charge in [0, 0.05) is 38.7 Å². The van der Waals surface area contributed by atoms with Gasteiger partial charge in [-0.05, 0) is 44.4 Å². The number of amides is 1. The quantitative estimate of drug-likeness (QED) is 0.659. The molecule has 1 N–H and O–H groups in total. The fourth-order valence-electron chi connectivity index (χ4n) is 5.03. The topological polar surface area (TPSA) is 65.9 Å². The van der Waals surface area contributed by atoms with Crippen LogP contribution in [0.25, 0.3) is 0 Å². The number of alkyl halides is 3. The number of aromatic nitrogens is 1. The van der Waals surface area contributed by atoms with Crippen LogP contribution in [0.2, 0.25) is 0 Å². The first-order valence-corrected chi connectivity index (χ1v) is 11.5. The Balaban J connectivity index is 1.49. The SMILES string of the molecule is CC(C)(O)C[C@]1(c2ccccc2)CCN([C@H]2CCCN(c3ccc(C(F)(F)F)cn3)C2)C(=O)O1. The zero-order valence-corrected chi connectivity index (χ0v) is 19.4. The molecule has 2 aromatic rings. The molecule has 6 nitrogen and oxygen atoms in total. The number of aliphatic hydroxyl groups is 1. The third kappa shape index (κ3) is 5.29. The molecule has 0 bridgehead atoms. The van der Waals surface area contributed by atoms with Crippen molar-refractivity contribution in [3.8, 4) is 0 Å². The maximum absolute atomic E-state index is 13.2. The first kappa shape index (κ1) is 24.3. The summed E-state index contributed by atoms with van der Waals surface area (Å²) in [7, 11) is 0. The molecule has 2 atom stereocenters. The zero-order valence-electron chi connectivity index (χ0n) is 19.4. The number of hydrogen-bond donors (Lipinski definition) is 1. The number of hydrogen-bond acceptors (Lipinski definition) is 5. The molecule has 1 aromatic heterocycles. The summed E-state index contributed by atoms with van der Waals surface area (Å²) >= 11 is 0. The number of cyclic esters (lactones) is 1. The van der Waals surface area contributed by atoms with Gasteiger partial charge in [-0.1, -0.05) is 30.3 Å². The monoisotopic (exact) mass is 477 g/mol. The van der Waals surface area contributed by atoms with E-state index in [1.54, 1.807) is 18.7 Å². The van der Waals surface area contributed by atoms with Gasteiger partial charge in [0.2, 0.25) is 0 Å². The number of carbonyl (C=O) groups is 1. The number of nitrogens with zero attached hydrogens (tertiary/aromatic N) is 3. The zero-order chi connectivity index (χ0) is 24.6. The number of anilines is 1. The first-order valence-electron chi connectivity index (χ1n) is 11.5. The van der Waals surface area contributed by atoms with Crippen molar-refractivity contribution >= 4 is 11.9 Å². The van der Waals surface area contributed by atoms with E-state index in [1.807, 2.05) is 35.2 Å². The summed E-state index contributed by atoms with van der Waals surface area (Å²) in [5, 5.41) is 10.5. The van der Waals surface area contributed by atoms with Gasteiger partial charge in [-0.2, -0.15) is 13.2 Å². The van der Waals surface area contributed by atoms with Crippen molar-refractivity contribution < 1.29 is 27.8 Å². The van der Waals surface area contributed by atoms with Crippen molar-refractivity contribution in [2.45, 2.75) is 63.0 Å². The highest BCUT2D eigenvalue weighted by Crippen LogP contribution is 2.41. The molecule has 2 aliphatic heterocycles. The number of pyridine rings is 1. The third-order valence-electron chi connectivity index (χ3n) is 6.53. The average molecular weight is 478 g/mol. The van der Waals surface area contributed by atoms with Crippen LogP contribution in [0.4, 0.5) is 23.8 Å². The van der Waals surface area contributed by atoms with Gasteiger partial charge < -0.3 is 19.6 Å². The van der Waals surface area contributed by atoms with E-state index < -0.39 is 29.0 Å². The summed E-state index contributed by atoms with van der Waals surface area (Å²) in [6.07, 6.45) is -1.66. The van der Waals surface area contributed by atoms with Crippen LogP contribution in [0.1, 0.15) is 50.7 Å². The lowest BCUT2D eigenvalue weighted by Gasteiger charge is -2.47.